The Morgan fingerprint density at radius 1 is 1.21 bits per heavy atom. The first-order chi connectivity index (χ1) is 13.5. The molecule has 0 fully saturated rings. The minimum absolute atomic E-state index is 0.0966. The summed E-state index contributed by atoms with van der Waals surface area (Å²) in [6, 6.07) is 6.07. The Bertz CT molecular complexity index is 622. The van der Waals surface area contributed by atoms with Crippen LogP contribution in [0.4, 0.5) is 5.69 Å². The van der Waals surface area contributed by atoms with Crippen LogP contribution in [0.25, 0.3) is 0 Å². The number of carbonyl (C=O) groups excluding carboxylic acids is 3. The number of hydrogen-bond acceptors (Lipinski definition) is 5. The molecule has 0 saturated carbocycles. The first kappa shape index (κ1) is 23.6. The highest BCUT2D eigenvalue weighted by molar-refractivity contribution is 5.85. The Kier molecular flexibility index (Phi) is 11.6. The molecular formula is C21H34N4O3. The average Bonchev–Trinajstić information content (AvgIpc) is 2.68. The minimum Gasteiger partial charge on any atom is -0.385 e. The number of nitrogens with two attached hydrogens (primary N) is 1. The maximum absolute atomic E-state index is 11.5. The minimum atomic E-state index is -0.331. The summed E-state index contributed by atoms with van der Waals surface area (Å²) in [6.07, 6.45) is 6.46. The Hall–Kier alpha value is -2.41. The maximum atomic E-state index is 11.5. The van der Waals surface area contributed by atoms with Gasteiger partial charge in [0.1, 0.15) is 0 Å². The number of amides is 3. The number of carbonyl (C=O) groups is 3. The fourth-order valence-electron chi connectivity index (χ4n) is 2.98. The van der Waals surface area contributed by atoms with Gasteiger partial charge in [0.25, 0.3) is 0 Å². The molecule has 0 aliphatic heterocycles. The van der Waals surface area contributed by atoms with Gasteiger partial charge in [0.05, 0.1) is 0 Å². The van der Waals surface area contributed by atoms with E-state index in [1.54, 1.807) is 4.90 Å². The van der Waals surface area contributed by atoms with Gasteiger partial charge in [0, 0.05) is 31.2 Å². The topological polar surface area (TPSA) is 105 Å². The lowest BCUT2D eigenvalue weighted by molar-refractivity contribution is -0.126. The highest BCUT2D eigenvalue weighted by Gasteiger charge is 2.15. The van der Waals surface area contributed by atoms with Crippen molar-refractivity contribution in [3.8, 4) is 0 Å². The number of benzene rings is 1. The van der Waals surface area contributed by atoms with Gasteiger partial charge in [-0.25, -0.2) is 0 Å². The van der Waals surface area contributed by atoms with Crippen LogP contribution < -0.4 is 16.4 Å². The van der Waals surface area contributed by atoms with Gasteiger partial charge in [-0.1, -0.05) is 18.9 Å². The molecule has 0 aliphatic rings. The monoisotopic (exact) mass is 390 g/mol. The van der Waals surface area contributed by atoms with Crippen LogP contribution >= 0.6 is 0 Å². The van der Waals surface area contributed by atoms with E-state index in [9.17, 15) is 14.4 Å². The molecule has 0 spiro atoms. The van der Waals surface area contributed by atoms with E-state index in [0.717, 1.165) is 49.2 Å². The SMILES string of the molecule is Cc1cc(NCCCCCCN)ccc1CN(C=O)C(C)CCC(=O)NC=O. The van der Waals surface area contributed by atoms with Gasteiger partial charge >= 0.3 is 0 Å². The van der Waals surface area contributed by atoms with Crippen molar-refractivity contribution in [3.63, 3.8) is 0 Å². The van der Waals surface area contributed by atoms with Gasteiger partial charge in [-0.3, -0.25) is 19.7 Å². The Labute approximate surface area is 168 Å². The summed E-state index contributed by atoms with van der Waals surface area (Å²) in [7, 11) is 0. The molecule has 0 bridgehead atoms. The number of nitrogens with zero attached hydrogens (tertiary/aromatic N) is 1. The lowest BCUT2D eigenvalue weighted by Crippen LogP contribution is -2.33. The van der Waals surface area contributed by atoms with E-state index in [2.05, 4.69) is 16.7 Å². The third-order valence-corrected chi connectivity index (χ3v) is 4.87. The molecule has 0 saturated heterocycles. The zero-order valence-corrected chi connectivity index (χ0v) is 17.1. The van der Waals surface area contributed by atoms with Crippen LogP contribution in [0.5, 0.6) is 0 Å². The second-order valence-corrected chi connectivity index (χ2v) is 7.12. The number of hydrogen-bond donors (Lipinski definition) is 3. The number of nitrogens with one attached hydrogen (secondary N) is 2. The number of rotatable bonds is 15. The van der Waals surface area contributed by atoms with Crippen LogP contribution in [-0.2, 0) is 20.9 Å². The summed E-state index contributed by atoms with van der Waals surface area (Å²) < 4.78 is 0. The molecule has 0 aliphatic carbocycles. The standard InChI is InChI=1S/C21H34N4O3/c1-17-13-20(23-12-6-4-3-5-11-22)9-8-19(17)14-25(16-27)18(2)7-10-21(28)24-15-26/h8-9,13,15-16,18,23H,3-7,10-12,14,22H2,1-2H3,(H,24,26,28). The fraction of sp³-hybridized carbons (Fsp3) is 0.571. The molecule has 0 aromatic heterocycles. The van der Waals surface area contributed by atoms with Gasteiger partial charge in [-0.2, -0.15) is 0 Å². The average molecular weight is 391 g/mol. The lowest BCUT2D eigenvalue weighted by atomic mass is 10.1. The molecule has 1 rings (SSSR count). The predicted octanol–water partition coefficient (Wildman–Crippen LogP) is 2.33. The molecule has 0 heterocycles. The Morgan fingerprint density at radius 3 is 2.61 bits per heavy atom. The molecule has 0 radical (unpaired) electrons. The molecule has 1 aromatic rings. The fourth-order valence-corrected chi connectivity index (χ4v) is 2.98. The van der Waals surface area contributed by atoms with Crippen molar-refractivity contribution in [2.24, 2.45) is 5.73 Å². The molecular weight excluding hydrogens is 356 g/mol. The molecule has 28 heavy (non-hydrogen) atoms. The van der Waals surface area contributed by atoms with Crippen molar-refractivity contribution in [2.45, 2.75) is 65.0 Å². The number of imide groups is 1. The molecule has 3 amide bonds. The third kappa shape index (κ3) is 8.99. The van der Waals surface area contributed by atoms with Gasteiger partial charge in [0.15, 0.2) is 0 Å². The van der Waals surface area contributed by atoms with Crippen molar-refractivity contribution < 1.29 is 14.4 Å². The molecule has 4 N–H and O–H groups in total. The normalized spacial score (nSPS) is 11.5. The smallest absolute Gasteiger partial charge is 0.226 e. The molecule has 156 valence electrons. The van der Waals surface area contributed by atoms with Crippen LogP contribution in [0.3, 0.4) is 0 Å². The Morgan fingerprint density at radius 2 is 1.96 bits per heavy atom. The molecule has 1 unspecified atom stereocenters. The molecule has 1 aromatic carbocycles. The van der Waals surface area contributed by atoms with Crippen LogP contribution in [-0.4, -0.2) is 42.8 Å². The van der Waals surface area contributed by atoms with Crippen molar-refractivity contribution in [2.75, 3.05) is 18.4 Å². The van der Waals surface area contributed by atoms with E-state index in [4.69, 9.17) is 5.73 Å². The summed E-state index contributed by atoms with van der Waals surface area (Å²) in [6.45, 7) is 6.12. The predicted molar refractivity (Wildman–Crippen MR) is 112 cm³/mol. The first-order valence-corrected chi connectivity index (χ1v) is 9.99. The van der Waals surface area contributed by atoms with Gasteiger partial charge in [-0.05, 0) is 62.9 Å². The summed E-state index contributed by atoms with van der Waals surface area (Å²) in [5.74, 6) is -0.331. The zero-order valence-electron chi connectivity index (χ0n) is 17.1. The van der Waals surface area contributed by atoms with Gasteiger partial charge < -0.3 is 16.0 Å². The number of unbranched alkanes of at least 4 members (excludes halogenated alkanes) is 3. The van der Waals surface area contributed by atoms with Crippen LogP contribution in [0.15, 0.2) is 18.2 Å². The van der Waals surface area contributed by atoms with E-state index in [0.29, 0.717) is 19.4 Å². The molecule has 1 atom stereocenters. The number of aryl methyl sites for hydroxylation is 1. The molecule has 7 heteroatoms. The summed E-state index contributed by atoms with van der Waals surface area (Å²) >= 11 is 0. The van der Waals surface area contributed by atoms with Crippen LogP contribution in [0.2, 0.25) is 0 Å². The van der Waals surface area contributed by atoms with E-state index < -0.39 is 0 Å². The lowest BCUT2D eigenvalue weighted by Gasteiger charge is -2.26. The second-order valence-electron chi connectivity index (χ2n) is 7.12. The second kappa shape index (κ2) is 13.7. The third-order valence-electron chi connectivity index (χ3n) is 4.87. The van der Waals surface area contributed by atoms with Crippen molar-refractivity contribution in [1.29, 1.82) is 0 Å². The van der Waals surface area contributed by atoms with Crippen LogP contribution in [0.1, 0.15) is 56.6 Å². The largest absolute Gasteiger partial charge is 0.385 e. The van der Waals surface area contributed by atoms with E-state index in [1.807, 2.05) is 26.0 Å². The summed E-state index contributed by atoms with van der Waals surface area (Å²) in [5, 5.41) is 5.55. The summed E-state index contributed by atoms with van der Waals surface area (Å²) in [5.41, 5.74) is 8.77. The van der Waals surface area contributed by atoms with E-state index in [1.165, 1.54) is 12.8 Å². The maximum Gasteiger partial charge on any atom is 0.226 e. The van der Waals surface area contributed by atoms with Crippen LogP contribution in [0, 0.1) is 6.92 Å². The zero-order chi connectivity index (χ0) is 20.8. The molecule has 7 nitrogen and oxygen atoms in total. The Balaban J connectivity index is 2.51. The first-order valence-electron chi connectivity index (χ1n) is 9.99. The van der Waals surface area contributed by atoms with Gasteiger partial charge in [-0.15, -0.1) is 0 Å². The van der Waals surface area contributed by atoms with E-state index >= 15 is 0 Å². The van der Waals surface area contributed by atoms with Gasteiger partial charge in [0.2, 0.25) is 18.7 Å². The quantitative estimate of drug-likeness (QED) is 0.315. The highest BCUT2D eigenvalue weighted by atomic mass is 16.2. The van der Waals surface area contributed by atoms with E-state index in [-0.39, 0.29) is 18.4 Å². The van der Waals surface area contributed by atoms with Crippen molar-refractivity contribution in [3.05, 3.63) is 29.3 Å². The number of anilines is 1. The summed E-state index contributed by atoms with van der Waals surface area (Å²) in [4.78, 5) is 34.9. The van der Waals surface area contributed by atoms with Crippen molar-refractivity contribution >= 4 is 24.4 Å². The highest BCUT2D eigenvalue weighted by Crippen LogP contribution is 2.18. The van der Waals surface area contributed by atoms with Crippen molar-refractivity contribution in [1.82, 2.24) is 10.2 Å².